The minimum absolute atomic E-state index is 0.0256. The van der Waals surface area contributed by atoms with Gasteiger partial charge < -0.3 is 14.5 Å². The Hall–Kier alpha value is -3.29. The lowest BCUT2D eigenvalue weighted by molar-refractivity contribution is -0.146. The van der Waals surface area contributed by atoms with Crippen molar-refractivity contribution in [3.63, 3.8) is 0 Å². The van der Waals surface area contributed by atoms with Gasteiger partial charge in [-0.1, -0.05) is 6.07 Å². The number of amides is 2. The highest BCUT2D eigenvalue weighted by Gasteiger charge is 2.52. The molecule has 2 aliphatic heterocycles. The van der Waals surface area contributed by atoms with Crippen molar-refractivity contribution in [2.24, 2.45) is 0 Å². The van der Waals surface area contributed by atoms with Gasteiger partial charge in [-0.25, -0.2) is 4.79 Å². The van der Waals surface area contributed by atoms with Crippen LogP contribution < -0.4 is 0 Å². The van der Waals surface area contributed by atoms with Crippen LogP contribution in [0, 0.1) is 0 Å². The third kappa shape index (κ3) is 3.53. The van der Waals surface area contributed by atoms with Gasteiger partial charge in [-0.15, -0.1) is 0 Å². The van der Waals surface area contributed by atoms with E-state index < -0.39 is 11.5 Å². The van der Waals surface area contributed by atoms with Crippen LogP contribution >= 0.6 is 0 Å². The van der Waals surface area contributed by atoms with Crippen LogP contribution in [-0.2, 0) is 16.1 Å². The minimum Gasteiger partial charge on any atom is -0.465 e. The number of pyridine rings is 2. The molecule has 8 nitrogen and oxygen atoms in total. The number of methoxy groups -OCH3 is 1. The largest absolute Gasteiger partial charge is 0.465 e. The van der Waals surface area contributed by atoms with E-state index in [0.29, 0.717) is 32.5 Å². The highest BCUT2D eigenvalue weighted by atomic mass is 16.5. The lowest BCUT2D eigenvalue weighted by atomic mass is 9.85. The van der Waals surface area contributed by atoms with Crippen LogP contribution in [0.15, 0.2) is 42.9 Å². The lowest BCUT2D eigenvalue weighted by Crippen LogP contribution is -2.61. The molecule has 4 heterocycles. The first-order chi connectivity index (χ1) is 14.5. The van der Waals surface area contributed by atoms with Crippen LogP contribution in [-0.4, -0.2) is 63.3 Å². The number of nitrogens with zero attached hydrogens (tertiary/aromatic N) is 4. The topological polar surface area (TPSA) is 92.7 Å². The maximum Gasteiger partial charge on any atom is 0.339 e. The molecular formula is C22H24N4O4. The molecule has 156 valence electrons. The molecule has 4 rings (SSSR count). The van der Waals surface area contributed by atoms with Crippen LogP contribution in [0.25, 0.3) is 0 Å². The molecule has 2 saturated heterocycles. The molecule has 2 fully saturated rings. The summed E-state index contributed by atoms with van der Waals surface area (Å²) in [5.74, 6) is -0.857. The predicted molar refractivity (Wildman–Crippen MR) is 107 cm³/mol. The Bertz CT molecular complexity index is 965. The summed E-state index contributed by atoms with van der Waals surface area (Å²) in [5.41, 5.74) is 0.483. The Morgan fingerprint density at radius 1 is 1.13 bits per heavy atom. The molecule has 0 bridgehead atoms. The molecule has 1 atom stereocenters. The fourth-order valence-electron chi connectivity index (χ4n) is 4.50. The Balaban J connectivity index is 1.59. The number of ether oxygens (including phenoxy) is 1. The summed E-state index contributed by atoms with van der Waals surface area (Å²) in [6.45, 7) is 1.59. The number of rotatable bonds is 4. The Kier molecular flexibility index (Phi) is 5.48. The van der Waals surface area contributed by atoms with Crippen LogP contribution in [0.5, 0.6) is 0 Å². The number of aromatic nitrogens is 2. The summed E-state index contributed by atoms with van der Waals surface area (Å²) in [4.78, 5) is 50.5. The Morgan fingerprint density at radius 2 is 1.90 bits per heavy atom. The van der Waals surface area contributed by atoms with Crippen molar-refractivity contribution in [2.45, 2.75) is 37.8 Å². The van der Waals surface area contributed by atoms with E-state index in [1.807, 2.05) is 18.2 Å². The van der Waals surface area contributed by atoms with Crippen LogP contribution in [0.1, 0.15) is 52.1 Å². The van der Waals surface area contributed by atoms with E-state index in [2.05, 4.69) is 9.97 Å². The van der Waals surface area contributed by atoms with E-state index in [9.17, 15) is 14.4 Å². The number of carbonyl (C=O) groups is 3. The Labute approximate surface area is 174 Å². The van der Waals surface area contributed by atoms with E-state index in [4.69, 9.17) is 4.74 Å². The van der Waals surface area contributed by atoms with E-state index >= 15 is 0 Å². The second kappa shape index (κ2) is 8.22. The summed E-state index contributed by atoms with van der Waals surface area (Å²) in [5, 5.41) is 0. The van der Waals surface area contributed by atoms with Crippen LogP contribution in [0.2, 0.25) is 0 Å². The maximum absolute atomic E-state index is 13.5. The zero-order chi connectivity index (χ0) is 21.1. The smallest absolute Gasteiger partial charge is 0.339 e. The molecule has 2 aliphatic rings. The first kappa shape index (κ1) is 20.0. The zero-order valence-corrected chi connectivity index (χ0v) is 16.9. The molecule has 1 unspecified atom stereocenters. The highest BCUT2D eigenvalue weighted by molar-refractivity contribution is 6.01. The van der Waals surface area contributed by atoms with Crippen molar-refractivity contribution in [3.05, 3.63) is 59.7 Å². The monoisotopic (exact) mass is 408 g/mol. The third-order valence-electron chi connectivity index (χ3n) is 5.92. The summed E-state index contributed by atoms with van der Waals surface area (Å²) in [6, 6.07) is 7.12. The fourth-order valence-corrected chi connectivity index (χ4v) is 4.50. The van der Waals surface area contributed by atoms with Gasteiger partial charge in [0.15, 0.2) is 0 Å². The van der Waals surface area contributed by atoms with Gasteiger partial charge in [0, 0.05) is 31.7 Å². The van der Waals surface area contributed by atoms with Gasteiger partial charge in [-0.3, -0.25) is 19.6 Å². The molecule has 30 heavy (non-hydrogen) atoms. The quantitative estimate of drug-likeness (QED) is 0.719. The molecule has 0 aliphatic carbocycles. The van der Waals surface area contributed by atoms with E-state index in [1.165, 1.54) is 25.6 Å². The van der Waals surface area contributed by atoms with Crippen LogP contribution in [0.4, 0.5) is 0 Å². The SMILES string of the molecule is COC(=O)c1cncc(C(=O)N2CCCC23CCCN(Cc2ccccn2)C3=O)c1. The molecule has 0 saturated carbocycles. The van der Waals surface area contributed by atoms with Gasteiger partial charge in [0.05, 0.1) is 30.5 Å². The summed E-state index contributed by atoms with van der Waals surface area (Å²) < 4.78 is 4.72. The fraction of sp³-hybridized carbons (Fsp3) is 0.409. The number of hydrogen-bond donors (Lipinski definition) is 0. The molecule has 8 heteroatoms. The van der Waals surface area contributed by atoms with Crippen molar-refractivity contribution < 1.29 is 19.1 Å². The average Bonchev–Trinajstić information content (AvgIpc) is 3.21. The normalized spacial score (nSPS) is 21.2. The van der Waals surface area contributed by atoms with Crippen LogP contribution in [0.3, 0.4) is 0 Å². The van der Waals surface area contributed by atoms with Gasteiger partial charge >= 0.3 is 5.97 Å². The summed E-state index contributed by atoms with van der Waals surface area (Å²) in [6.07, 6.45) is 7.37. The minimum atomic E-state index is -0.842. The number of hydrogen-bond acceptors (Lipinski definition) is 6. The molecule has 2 aromatic heterocycles. The molecule has 0 N–H and O–H groups in total. The average molecular weight is 408 g/mol. The molecule has 0 aromatic carbocycles. The zero-order valence-electron chi connectivity index (χ0n) is 16.9. The van der Waals surface area contributed by atoms with Gasteiger partial charge in [-0.2, -0.15) is 0 Å². The van der Waals surface area contributed by atoms with Crippen molar-refractivity contribution >= 4 is 17.8 Å². The number of esters is 1. The van der Waals surface area contributed by atoms with Crippen molar-refractivity contribution in [1.82, 2.24) is 19.8 Å². The summed E-state index contributed by atoms with van der Waals surface area (Å²) in [7, 11) is 1.28. The molecule has 1 spiro atoms. The highest BCUT2D eigenvalue weighted by Crippen LogP contribution is 2.39. The molecule has 2 aromatic rings. The number of carbonyl (C=O) groups excluding carboxylic acids is 3. The van der Waals surface area contributed by atoms with E-state index in [-0.39, 0.29) is 22.9 Å². The predicted octanol–water partition coefficient (Wildman–Crippen LogP) is 2.06. The maximum atomic E-state index is 13.5. The first-order valence-corrected chi connectivity index (χ1v) is 10.1. The number of likely N-dealkylation sites (tertiary alicyclic amines) is 2. The lowest BCUT2D eigenvalue weighted by Gasteiger charge is -2.44. The van der Waals surface area contributed by atoms with Gasteiger partial charge in [0.1, 0.15) is 5.54 Å². The first-order valence-electron chi connectivity index (χ1n) is 10.1. The molecule has 2 amide bonds. The van der Waals surface area contributed by atoms with Crippen molar-refractivity contribution in [1.29, 1.82) is 0 Å². The second-order valence-electron chi connectivity index (χ2n) is 7.70. The molecule has 0 radical (unpaired) electrons. The molecular weight excluding hydrogens is 384 g/mol. The van der Waals surface area contributed by atoms with Gasteiger partial charge in [0.25, 0.3) is 5.91 Å². The second-order valence-corrected chi connectivity index (χ2v) is 7.70. The van der Waals surface area contributed by atoms with Gasteiger partial charge in [0.2, 0.25) is 5.91 Å². The number of piperidine rings is 1. The van der Waals surface area contributed by atoms with Crippen molar-refractivity contribution in [2.75, 3.05) is 20.2 Å². The third-order valence-corrected chi connectivity index (χ3v) is 5.92. The summed E-state index contributed by atoms with van der Waals surface area (Å²) >= 11 is 0. The van der Waals surface area contributed by atoms with Crippen molar-refractivity contribution in [3.8, 4) is 0 Å². The Morgan fingerprint density at radius 3 is 2.63 bits per heavy atom. The standard InChI is InChI=1S/C22H24N4O4/c1-30-20(28)17-12-16(13-23-14-17)19(27)26-11-5-8-22(26)7-4-10-25(21(22)29)15-18-6-2-3-9-24-18/h2-3,6,9,12-14H,4-5,7-8,10-11,15H2,1H3. The van der Waals surface area contributed by atoms with Gasteiger partial charge in [-0.05, 0) is 43.9 Å². The van der Waals surface area contributed by atoms with E-state index in [1.54, 1.807) is 16.0 Å². The van der Waals surface area contributed by atoms with E-state index in [0.717, 1.165) is 18.5 Å².